The first-order valence-electron chi connectivity index (χ1n) is 6.38. The zero-order valence-corrected chi connectivity index (χ0v) is 11.8. The molecule has 0 saturated carbocycles. The van der Waals surface area contributed by atoms with E-state index in [2.05, 4.69) is 10.3 Å². The Hall–Kier alpha value is -1.82. The largest absolute Gasteiger partial charge is 0.395 e. The van der Waals surface area contributed by atoms with E-state index < -0.39 is 0 Å². The van der Waals surface area contributed by atoms with Crippen molar-refractivity contribution in [3.8, 4) is 0 Å². The Bertz CT molecular complexity index is 386. The number of aliphatic hydroxyl groups excluding tert-OH is 1. The van der Waals surface area contributed by atoms with Crippen LogP contribution in [-0.2, 0) is 0 Å². The Kier molecular flexibility index (Phi) is 6.08. The number of pyridine rings is 1. The zero-order valence-electron chi connectivity index (χ0n) is 11.8. The van der Waals surface area contributed by atoms with Crippen molar-refractivity contribution in [2.45, 2.75) is 13.3 Å². The van der Waals surface area contributed by atoms with Crippen LogP contribution in [0.3, 0.4) is 0 Å². The van der Waals surface area contributed by atoms with E-state index in [1.54, 1.807) is 11.1 Å². The summed E-state index contributed by atoms with van der Waals surface area (Å²) >= 11 is 0. The van der Waals surface area contributed by atoms with E-state index >= 15 is 0 Å². The Morgan fingerprint density at radius 1 is 1.37 bits per heavy atom. The summed E-state index contributed by atoms with van der Waals surface area (Å²) in [5.74, 6) is 0.832. The van der Waals surface area contributed by atoms with Crippen LogP contribution in [0.4, 0.5) is 16.3 Å². The maximum absolute atomic E-state index is 12.0. The van der Waals surface area contributed by atoms with E-state index in [1.165, 1.54) is 0 Å². The molecule has 2 amide bonds. The summed E-state index contributed by atoms with van der Waals surface area (Å²) in [5, 5.41) is 11.7. The van der Waals surface area contributed by atoms with Crippen LogP contribution in [-0.4, -0.2) is 54.8 Å². The average molecular weight is 266 g/mol. The SMILES string of the molecule is CCCN(CCO)C(=O)Nc1ccc(N(C)C)nc1. The number of carbonyl (C=O) groups is 1. The second kappa shape index (κ2) is 7.58. The Labute approximate surface area is 114 Å². The Morgan fingerprint density at radius 3 is 2.58 bits per heavy atom. The predicted molar refractivity (Wildman–Crippen MR) is 76.5 cm³/mol. The average Bonchev–Trinajstić information content (AvgIpc) is 2.39. The standard InChI is InChI=1S/C13H22N4O2/c1-4-7-17(8-9-18)13(19)15-11-5-6-12(14-10-11)16(2)3/h5-6,10,18H,4,7-9H2,1-3H3,(H,15,19). The van der Waals surface area contributed by atoms with Crippen LogP contribution in [0.2, 0.25) is 0 Å². The third-order valence-corrected chi connectivity index (χ3v) is 2.61. The van der Waals surface area contributed by atoms with Gasteiger partial charge in [0.2, 0.25) is 0 Å². The van der Waals surface area contributed by atoms with Gasteiger partial charge in [0.05, 0.1) is 18.5 Å². The van der Waals surface area contributed by atoms with E-state index in [4.69, 9.17) is 5.11 Å². The highest BCUT2D eigenvalue weighted by Crippen LogP contribution is 2.12. The number of amides is 2. The first-order valence-corrected chi connectivity index (χ1v) is 6.38. The van der Waals surface area contributed by atoms with E-state index in [0.29, 0.717) is 18.8 Å². The second-order valence-corrected chi connectivity index (χ2v) is 4.44. The fraction of sp³-hybridized carbons (Fsp3) is 0.538. The summed E-state index contributed by atoms with van der Waals surface area (Å²) < 4.78 is 0. The molecule has 6 nitrogen and oxygen atoms in total. The number of carbonyl (C=O) groups excluding carboxylic acids is 1. The van der Waals surface area contributed by atoms with Gasteiger partial charge in [-0.25, -0.2) is 9.78 Å². The number of nitrogens with zero attached hydrogens (tertiary/aromatic N) is 3. The van der Waals surface area contributed by atoms with Gasteiger partial charge in [0.1, 0.15) is 5.82 Å². The Morgan fingerprint density at radius 2 is 2.11 bits per heavy atom. The number of anilines is 2. The predicted octanol–water partition coefficient (Wildman–Crippen LogP) is 1.38. The van der Waals surface area contributed by atoms with Gasteiger partial charge < -0.3 is 20.2 Å². The maximum Gasteiger partial charge on any atom is 0.321 e. The van der Waals surface area contributed by atoms with Crippen molar-refractivity contribution in [1.82, 2.24) is 9.88 Å². The molecule has 0 unspecified atom stereocenters. The molecule has 1 aromatic heterocycles. The summed E-state index contributed by atoms with van der Waals surface area (Å²) in [6, 6.07) is 3.44. The van der Waals surface area contributed by atoms with E-state index in [-0.39, 0.29) is 12.6 Å². The van der Waals surface area contributed by atoms with Crippen LogP contribution in [0.1, 0.15) is 13.3 Å². The lowest BCUT2D eigenvalue weighted by Gasteiger charge is -2.21. The number of hydrogen-bond acceptors (Lipinski definition) is 4. The monoisotopic (exact) mass is 266 g/mol. The zero-order chi connectivity index (χ0) is 14.3. The van der Waals surface area contributed by atoms with Gasteiger partial charge in [-0.2, -0.15) is 0 Å². The molecule has 0 aliphatic rings. The quantitative estimate of drug-likeness (QED) is 0.816. The van der Waals surface area contributed by atoms with Gasteiger partial charge in [-0.3, -0.25) is 0 Å². The minimum atomic E-state index is -0.213. The highest BCUT2D eigenvalue weighted by atomic mass is 16.3. The molecule has 0 radical (unpaired) electrons. The highest BCUT2D eigenvalue weighted by Gasteiger charge is 2.12. The number of nitrogens with one attached hydrogen (secondary N) is 1. The van der Waals surface area contributed by atoms with Crippen LogP contribution in [0.25, 0.3) is 0 Å². The molecule has 0 spiro atoms. The fourth-order valence-electron chi connectivity index (χ4n) is 1.63. The molecule has 106 valence electrons. The molecule has 0 atom stereocenters. The topological polar surface area (TPSA) is 68.7 Å². The first kappa shape index (κ1) is 15.2. The summed E-state index contributed by atoms with van der Waals surface area (Å²) in [6.45, 7) is 2.91. The van der Waals surface area contributed by atoms with Crippen molar-refractivity contribution >= 4 is 17.5 Å². The van der Waals surface area contributed by atoms with E-state index in [0.717, 1.165) is 12.2 Å². The van der Waals surface area contributed by atoms with Crippen LogP contribution in [0.5, 0.6) is 0 Å². The molecule has 1 heterocycles. The highest BCUT2D eigenvalue weighted by molar-refractivity contribution is 5.89. The van der Waals surface area contributed by atoms with Crippen molar-refractivity contribution < 1.29 is 9.90 Å². The van der Waals surface area contributed by atoms with Crippen LogP contribution < -0.4 is 10.2 Å². The summed E-state index contributed by atoms with van der Waals surface area (Å²) in [6.07, 6.45) is 2.47. The third kappa shape index (κ3) is 4.75. The lowest BCUT2D eigenvalue weighted by atomic mass is 10.4. The summed E-state index contributed by atoms with van der Waals surface area (Å²) in [4.78, 5) is 19.7. The molecule has 19 heavy (non-hydrogen) atoms. The molecule has 0 aromatic carbocycles. The molecular weight excluding hydrogens is 244 g/mol. The molecule has 0 bridgehead atoms. The van der Waals surface area contributed by atoms with Crippen LogP contribution in [0, 0.1) is 0 Å². The fourth-order valence-corrected chi connectivity index (χ4v) is 1.63. The van der Waals surface area contributed by atoms with Crippen molar-refractivity contribution in [1.29, 1.82) is 0 Å². The number of urea groups is 1. The molecular formula is C13H22N4O2. The summed E-state index contributed by atoms with van der Waals surface area (Å²) in [5.41, 5.74) is 0.648. The summed E-state index contributed by atoms with van der Waals surface area (Å²) in [7, 11) is 3.82. The molecule has 0 fully saturated rings. The molecule has 0 saturated heterocycles. The number of aromatic nitrogens is 1. The molecule has 0 aliphatic heterocycles. The number of hydrogen-bond donors (Lipinski definition) is 2. The number of rotatable bonds is 6. The lowest BCUT2D eigenvalue weighted by Crippen LogP contribution is -2.37. The molecule has 1 aromatic rings. The van der Waals surface area contributed by atoms with Crippen LogP contribution >= 0.6 is 0 Å². The molecule has 0 aliphatic carbocycles. The van der Waals surface area contributed by atoms with Gasteiger partial charge in [-0.1, -0.05) is 6.92 Å². The van der Waals surface area contributed by atoms with Gasteiger partial charge in [-0.15, -0.1) is 0 Å². The minimum Gasteiger partial charge on any atom is -0.395 e. The molecule has 2 N–H and O–H groups in total. The third-order valence-electron chi connectivity index (χ3n) is 2.61. The van der Waals surface area contributed by atoms with Gasteiger partial charge in [0.25, 0.3) is 0 Å². The molecule has 6 heteroatoms. The van der Waals surface area contributed by atoms with E-state index in [9.17, 15) is 4.79 Å². The Balaban J connectivity index is 2.64. The number of aliphatic hydroxyl groups is 1. The molecule has 1 rings (SSSR count). The van der Waals surface area contributed by atoms with Gasteiger partial charge in [0.15, 0.2) is 0 Å². The van der Waals surface area contributed by atoms with Crippen molar-refractivity contribution in [2.24, 2.45) is 0 Å². The van der Waals surface area contributed by atoms with Gasteiger partial charge in [-0.05, 0) is 18.6 Å². The van der Waals surface area contributed by atoms with Crippen molar-refractivity contribution in [3.63, 3.8) is 0 Å². The maximum atomic E-state index is 12.0. The van der Waals surface area contributed by atoms with Gasteiger partial charge in [0, 0.05) is 27.2 Å². The van der Waals surface area contributed by atoms with E-state index in [1.807, 2.05) is 38.1 Å². The van der Waals surface area contributed by atoms with Crippen molar-refractivity contribution in [3.05, 3.63) is 18.3 Å². The van der Waals surface area contributed by atoms with Crippen LogP contribution in [0.15, 0.2) is 18.3 Å². The first-order chi connectivity index (χ1) is 9.08. The smallest absolute Gasteiger partial charge is 0.321 e. The van der Waals surface area contributed by atoms with Gasteiger partial charge >= 0.3 is 6.03 Å². The van der Waals surface area contributed by atoms with Crippen molar-refractivity contribution in [2.75, 3.05) is 44.0 Å². The minimum absolute atomic E-state index is 0.0365. The lowest BCUT2D eigenvalue weighted by molar-refractivity contribution is 0.188. The second-order valence-electron chi connectivity index (χ2n) is 4.44. The normalized spacial score (nSPS) is 10.1.